The Morgan fingerprint density at radius 3 is 2.81 bits per heavy atom. The summed E-state index contributed by atoms with van der Waals surface area (Å²) in [6.45, 7) is 2.36. The molecule has 6 heteroatoms. The standard InChI is InChI=1S/C15H18ClNO3S/c1-2-17(14-8-9-21(19,20)11-14)15(18)7-6-12-4-3-5-13(16)10-12/h3-7,10,14H,2,8-9,11H2,1H3/b7-6+. The maximum Gasteiger partial charge on any atom is 0.246 e. The summed E-state index contributed by atoms with van der Waals surface area (Å²) in [6.07, 6.45) is 3.69. The van der Waals surface area contributed by atoms with Crippen molar-refractivity contribution >= 4 is 33.4 Å². The van der Waals surface area contributed by atoms with E-state index < -0.39 is 9.84 Å². The third kappa shape index (κ3) is 4.32. The lowest BCUT2D eigenvalue weighted by atomic mass is 10.2. The smallest absolute Gasteiger partial charge is 0.246 e. The zero-order valence-corrected chi connectivity index (χ0v) is 13.4. The quantitative estimate of drug-likeness (QED) is 0.798. The third-order valence-corrected chi connectivity index (χ3v) is 5.53. The first-order valence-electron chi connectivity index (χ1n) is 6.86. The molecule has 1 amide bonds. The van der Waals surface area contributed by atoms with Crippen molar-refractivity contribution < 1.29 is 13.2 Å². The van der Waals surface area contributed by atoms with E-state index in [1.807, 2.05) is 19.1 Å². The number of carbonyl (C=O) groups excluding carboxylic acids is 1. The molecule has 1 heterocycles. The topological polar surface area (TPSA) is 54.5 Å². The first-order chi connectivity index (χ1) is 9.91. The fraction of sp³-hybridized carbons (Fsp3) is 0.400. The molecule has 0 radical (unpaired) electrons. The van der Waals surface area contributed by atoms with E-state index in [4.69, 9.17) is 11.6 Å². The third-order valence-electron chi connectivity index (χ3n) is 3.54. The highest BCUT2D eigenvalue weighted by atomic mass is 35.5. The average Bonchev–Trinajstić information content (AvgIpc) is 2.77. The number of carbonyl (C=O) groups is 1. The second kappa shape index (κ2) is 6.62. The van der Waals surface area contributed by atoms with Crippen LogP contribution in [0.1, 0.15) is 18.9 Å². The van der Waals surface area contributed by atoms with Crippen molar-refractivity contribution in [2.45, 2.75) is 19.4 Å². The van der Waals surface area contributed by atoms with Gasteiger partial charge in [-0.3, -0.25) is 4.79 Å². The van der Waals surface area contributed by atoms with Gasteiger partial charge in [-0.25, -0.2) is 8.42 Å². The van der Waals surface area contributed by atoms with Gasteiger partial charge < -0.3 is 4.90 Å². The van der Waals surface area contributed by atoms with E-state index in [0.717, 1.165) is 5.56 Å². The lowest BCUT2D eigenvalue weighted by Crippen LogP contribution is -2.40. The lowest BCUT2D eigenvalue weighted by Gasteiger charge is -2.25. The molecule has 0 spiro atoms. The number of amides is 1. The number of halogens is 1. The molecular weight excluding hydrogens is 310 g/mol. The van der Waals surface area contributed by atoms with Crippen LogP contribution in [0, 0.1) is 0 Å². The maximum atomic E-state index is 12.2. The maximum absolute atomic E-state index is 12.2. The fourth-order valence-electron chi connectivity index (χ4n) is 2.49. The van der Waals surface area contributed by atoms with Gasteiger partial charge in [-0.05, 0) is 37.1 Å². The van der Waals surface area contributed by atoms with Gasteiger partial charge in [-0.1, -0.05) is 23.7 Å². The zero-order chi connectivity index (χ0) is 15.5. The highest BCUT2D eigenvalue weighted by Gasteiger charge is 2.33. The van der Waals surface area contributed by atoms with Gasteiger partial charge in [0.25, 0.3) is 0 Å². The van der Waals surface area contributed by atoms with Crippen LogP contribution >= 0.6 is 11.6 Å². The Morgan fingerprint density at radius 1 is 1.48 bits per heavy atom. The minimum absolute atomic E-state index is 0.0670. The molecular formula is C15H18ClNO3S. The van der Waals surface area contributed by atoms with E-state index in [9.17, 15) is 13.2 Å². The minimum atomic E-state index is -2.99. The summed E-state index contributed by atoms with van der Waals surface area (Å²) >= 11 is 5.89. The molecule has 1 aromatic rings. The van der Waals surface area contributed by atoms with E-state index in [0.29, 0.717) is 18.0 Å². The predicted octanol–water partition coefficient (Wildman–Crippen LogP) is 2.39. The summed E-state index contributed by atoms with van der Waals surface area (Å²) < 4.78 is 23.1. The molecule has 1 aromatic carbocycles. The predicted molar refractivity (Wildman–Crippen MR) is 84.9 cm³/mol. The molecule has 4 nitrogen and oxygen atoms in total. The molecule has 0 N–H and O–H groups in total. The van der Waals surface area contributed by atoms with Crippen LogP contribution in [0.5, 0.6) is 0 Å². The van der Waals surface area contributed by atoms with E-state index in [1.54, 1.807) is 23.1 Å². The summed E-state index contributed by atoms with van der Waals surface area (Å²) in [4.78, 5) is 13.9. The average molecular weight is 328 g/mol. The second-order valence-electron chi connectivity index (χ2n) is 5.07. The largest absolute Gasteiger partial charge is 0.335 e. The van der Waals surface area contributed by atoms with Crippen LogP contribution in [0.2, 0.25) is 5.02 Å². The number of benzene rings is 1. The van der Waals surface area contributed by atoms with Crippen molar-refractivity contribution in [3.8, 4) is 0 Å². The van der Waals surface area contributed by atoms with Crippen LogP contribution in [0.15, 0.2) is 30.3 Å². The molecule has 0 aliphatic carbocycles. The molecule has 1 saturated heterocycles. The second-order valence-corrected chi connectivity index (χ2v) is 7.73. The van der Waals surface area contributed by atoms with E-state index >= 15 is 0 Å². The van der Waals surface area contributed by atoms with Crippen molar-refractivity contribution in [1.82, 2.24) is 4.90 Å². The van der Waals surface area contributed by atoms with Crippen molar-refractivity contribution in [1.29, 1.82) is 0 Å². The van der Waals surface area contributed by atoms with E-state index in [1.165, 1.54) is 6.08 Å². The molecule has 114 valence electrons. The van der Waals surface area contributed by atoms with Crippen LogP contribution in [0.4, 0.5) is 0 Å². The van der Waals surface area contributed by atoms with Crippen LogP contribution in [0.3, 0.4) is 0 Å². The van der Waals surface area contributed by atoms with Crippen LogP contribution < -0.4 is 0 Å². The van der Waals surface area contributed by atoms with E-state index in [2.05, 4.69) is 0 Å². The van der Waals surface area contributed by atoms with E-state index in [-0.39, 0.29) is 23.5 Å². The van der Waals surface area contributed by atoms with Crippen LogP contribution in [0.25, 0.3) is 6.08 Å². The van der Waals surface area contributed by atoms with Crippen molar-refractivity contribution in [3.63, 3.8) is 0 Å². The van der Waals surface area contributed by atoms with Crippen molar-refractivity contribution in [2.75, 3.05) is 18.1 Å². The first kappa shape index (κ1) is 16.0. The Morgan fingerprint density at radius 2 is 2.24 bits per heavy atom. The highest BCUT2D eigenvalue weighted by Crippen LogP contribution is 2.18. The minimum Gasteiger partial charge on any atom is -0.335 e. The fourth-order valence-corrected chi connectivity index (χ4v) is 4.42. The highest BCUT2D eigenvalue weighted by molar-refractivity contribution is 7.91. The number of sulfone groups is 1. The Labute approximate surface area is 130 Å². The number of rotatable bonds is 4. The van der Waals surface area contributed by atoms with Gasteiger partial charge in [0.15, 0.2) is 9.84 Å². The summed E-state index contributed by atoms with van der Waals surface area (Å²) in [5.74, 6) is 0.0661. The lowest BCUT2D eigenvalue weighted by molar-refractivity contribution is -0.127. The van der Waals surface area contributed by atoms with Crippen molar-refractivity contribution in [3.05, 3.63) is 40.9 Å². The van der Waals surface area contributed by atoms with Crippen LogP contribution in [-0.4, -0.2) is 43.3 Å². The summed E-state index contributed by atoms with van der Waals surface area (Å²) in [5, 5.41) is 0.610. The summed E-state index contributed by atoms with van der Waals surface area (Å²) in [5.41, 5.74) is 0.839. The van der Waals surface area contributed by atoms with Crippen LogP contribution in [-0.2, 0) is 14.6 Å². The van der Waals surface area contributed by atoms with Gasteiger partial charge in [0.05, 0.1) is 11.5 Å². The van der Waals surface area contributed by atoms with Gasteiger partial charge in [0.2, 0.25) is 5.91 Å². The molecule has 0 aromatic heterocycles. The molecule has 1 fully saturated rings. The van der Waals surface area contributed by atoms with Gasteiger partial charge in [-0.15, -0.1) is 0 Å². The molecule has 0 bridgehead atoms. The SMILES string of the molecule is CCN(C(=O)/C=C/c1cccc(Cl)c1)C1CCS(=O)(=O)C1. The molecule has 1 unspecified atom stereocenters. The number of likely N-dealkylation sites (N-methyl/N-ethyl adjacent to an activating group) is 1. The van der Waals surface area contributed by atoms with Gasteiger partial charge in [0.1, 0.15) is 0 Å². The van der Waals surface area contributed by atoms with Gasteiger partial charge >= 0.3 is 0 Å². The Hall–Kier alpha value is -1.33. The Bertz CT molecular complexity index is 655. The van der Waals surface area contributed by atoms with Gasteiger partial charge in [0, 0.05) is 23.7 Å². The Balaban J connectivity index is 2.07. The molecule has 21 heavy (non-hydrogen) atoms. The Kier molecular flexibility index (Phi) is 5.06. The summed E-state index contributed by atoms with van der Waals surface area (Å²) in [6, 6.07) is 6.99. The molecule has 2 rings (SSSR count). The van der Waals surface area contributed by atoms with Gasteiger partial charge in [-0.2, -0.15) is 0 Å². The summed E-state index contributed by atoms with van der Waals surface area (Å²) in [7, 11) is -2.99. The molecule has 1 aliphatic heterocycles. The number of nitrogens with zero attached hydrogens (tertiary/aromatic N) is 1. The number of hydrogen-bond donors (Lipinski definition) is 0. The zero-order valence-electron chi connectivity index (χ0n) is 11.8. The normalized spacial score (nSPS) is 20.8. The van der Waals surface area contributed by atoms with Crippen molar-refractivity contribution in [2.24, 2.45) is 0 Å². The first-order valence-corrected chi connectivity index (χ1v) is 9.06. The number of hydrogen-bond acceptors (Lipinski definition) is 3. The monoisotopic (exact) mass is 327 g/mol. The molecule has 0 saturated carbocycles. The molecule has 1 aliphatic rings. The molecule has 1 atom stereocenters.